The highest BCUT2D eigenvalue weighted by Gasteiger charge is 1.99. The van der Waals surface area contributed by atoms with Gasteiger partial charge in [-0.3, -0.25) is 0 Å². The van der Waals surface area contributed by atoms with Gasteiger partial charge in [-0.2, -0.15) is 0 Å². The van der Waals surface area contributed by atoms with Crippen LogP contribution in [0.2, 0.25) is 0 Å². The van der Waals surface area contributed by atoms with Crippen LogP contribution in [0.5, 0.6) is 0 Å². The van der Waals surface area contributed by atoms with Crippen LogP contribution in [0.1, 0.15) is 47.0 Å². The fourth-order valence-electron chi connectivity index (χ4n) is 2.13. The highest BCUT2D eigenvalue weighted by atomic mass is 14.9. The molecule has 4 heteroatoms. The summed E-state index contributed by atoms with van der Waals surface area (Å²) in [5.74, 6) is 0. The maximum absolute atomic E-state index is 3.50. The molecule has 0 bridgehead atoms. The van der Waals surface area contributed by atoms with Crippen molar-refractivity contribution in [3.63, 3.8) is 0 Å². The van der Waals surface area contributed by atoms with E-state index >= 15 is 0 Å². The van der Waals surface area contributed by atoms with E-state index in [0.717, 1.165) is 39.3 Å². The Morgan fingerprint density at radius 1 is 0.684 bits per heavy atom. The molecule has 19 heavy (non-hydrogen) atoms. The van der Waals surface area contributed by atoms with Crippen molar-refractivity contribution in [3.05, 3.63) is 0 Å². The first-order valence-corrected chi connectivity index (χ1v) is 8.08. The van der Waals surface area contributed by atoms with Crippen LogP contribution in [0.3, 0.4) is 0 Å². The predicted molar refractivity (Wildman–Crippen MR) is 85.9 cm³/mol. The second-order valence-electron chi connectivity index (χ2n) is 5.35. The van der Waals surface area contributed by atoms with Crippen molar-refractivity contribution in [2.45, 2.75) is 59.0 Å². The van der Waals surface area contributed by atoms with E-state index in [4.69, 9.17) is 0 Å². The number of rotatable bonds is 14. The van der Waals surface area contributed by atoms with Gasteiger partial charge in [0, 0.05) is 12.1 Å². The topological polar surface area (TPSA) is 48.1 Å². The first-order valence-electron chi connectivity index (χ1n) is 8.08. The first-order chi connectivity index (χ1) is 9.20. The zero-order valence-electron chi connectivity index (χ0n) is 13.5. The van der Waals surface area contributed by atoms with Crippen LogP contribution >= 0.6 is 0 Å². The van der Waals surface area contributed by atoms with Crippen molar-refractivity contribution < 1.29 is 0 Å². The van der Waals surface area contributed by atoms with Crippen molar-refractivity contribution in [1.82, 2.24) is 21.3 Å². The molecule has 4 nitrogen and oxygen atoms in total. The van der Waals surface area contributed by atoms with Crippen LogP contribution in [-0.2, 0) is 0 Å². The molecule has 0 aliphatic rings. The molecular formula is C15H36N4. The second kappa shape index (κ2) is 14.3. The van der Waals surface area contributed by atoms with Crippen molar-refractivity contribution in [2.75, 3.05) is 39.3 Å². The molecule has 0 aliphatic heterocycles. The summed E-state index contributed by atoms with van der Waals surface area (Å²) < 4.78 is 0. The fourth-order valence-corrected chi connectivity index (χ4v) is 2.13. The highest BCUT2D eigenvalue weighted by Crippen LogP contribution is 1.89. The van der Waals surface area contributed by atoms with Crippen LogP contribution < -0.4 is 21.3 Å². The molecule has 116 valence electrons. The lowest BCUT2D eigenvalue weighted by atomic mass is 10.2. The van der Waals surface area contributed by atoms with Gasteiger partial charge in [0.1, 0.15) is 0 Å². The van der Waals surface area contributed by atoms with Gasteiger partial charge in [0.25, 0.3) is 0 Å². The molecule has 0 amide bonds. The molecule has 0 spiro atoms. The average molecular weight is 272 g/mol. The van der Waals surface area contributed by atoms with Crippen molar-refractivity contribution in [1.29, 1.82) is 0 Å². The summed E-state index contributed by atoms with van der Waals surface area (Å²) in [4.78, 5) is 0. The zero-order chi connectivity index (χ0) is 14.3. The molecule has 0 aliphatic carbocycles. The van der Waals surface area contributed by atoms with Crippen LogP contribution in [0.4, 0.5) is 0 Å². The Bertz CT molecular complexity index is 158. The maximum atomic E-state index is 3.50. The molecule has 0 saturated carbocycles. The lowest BCUT2D eigenvalue weighted by Crippen LogP contribution is -2.32. The molecule has 2 unspecified atom stereocenters. The van der Waals surface area contributed by atoms with Gasteiger partial charge < -0.3 is 21.3 Å². The zero-order valence-corrected chi connectivity index (χ0v) is 13.5. The predicted octanol–water partition coefficient (Wildman–Crippen LogP) is 1.33. The molecule has 0 rings (SSSR count). The van der Waals surface area contributed by atoms with Crippen LogP contribution in [-0.4, -0.2) is 51.4 Å². The molecule has 4 N–H and O–H groups in total. The van der Waals surface area contributed by atoms with E-state index < -0.39 is 0 Å². The van der Waals surface area contributed by atoms with E-state index in [1.165, 1.54) is 19.3 Å². The Balaban J connectivity index is 3.10. The van der Waals surface area contributed by atoms with Gasteiger partial charge in [-0.15, -0.1) is 0 Å². The first kappa shape index (κ1) is 18.8. The quantitative estimate of drug-likeness (QED) is 0.360. The third-order valence-electron chi connectivity index (χ3n) is 3.32. The summed E-state index contributed by atoms with van der Waals surface area (Å²) in [6.45, 7) is 15.4. The smallest absolute Gasteiger partial charge is 0.00506 e. The van der Waals surface area contributed by atoms with Gasteiger partial charge in [0.2, 0.25) is 0 Å². The van der Waals surface area contributed by atoms with E-state index in [2.05, 4.69) is 49.0 Å². The SMILES string of the molecule is CCNC(C)CCNCCCNCCC(C)NCC. The summed E-state index contributed by atoms with van der Waals surface area (Å²) in [7, 11) is 0. The molecule has 0 fully saturated rings. The van der Waals surface area contributed by atoms with E-state index in [0.29, 0.717) is 12.1 Å². The standard InChI is InChI=1S/C15H36N4/c1-5-18-14(3)8-12-16-10-7-11-17-13-9-15(4)19-6-2/h14-19H,5-13H2,1-4H3. The van der Waals surface area contributed by atoms with Crippen molar-refractivity contribution >= 4 is 0 Å². The fraction of sp³-hybridized carbons (Fsp3) is 1.00. The molecule has 2 atom stereocenters. The van der Waals surface area contributed by atoms with Crippen molar-refractivity contribution in [2.24, 2.45) is 0 Å². The third kappa shape index (κ3) is 14.1. The van der Waals surface area contributed by atoms with Gasteiger partial charge >= 0.3 is 0 Å². The van der Waals surface area contributed by atoms with Gasteiger partial charge in [0.05, 0.1) is 0 Å². The van der Waals surface area contributed by atoms with E-state index in [1.807, 2.05) is 0 Å². The Hall–Kier alpha value is -0.160. The Morgan fingerprint density at radius 3 is 1.47 bits per heavy atom. The Labute approximate surface area is 120 Å². The molecule has 0 radical (unpaired) electrons. The minimum absolute atomic E-state index is 0.628. The molecule has 0 saturated heterocycles. The molecule has 0 aromatic rings. The summed E-state index contributed by atoms with van der Waals surface area (Å²) in [5, 5.41) is 13.9. The lowest BCUT2D eigenvalue weighted by Gasteiger charge is -2.13. The number of hydrogen-bond donors (Lipinski definition) is 4. The molecule has 0 heterocycles. The van der Waals surface area contributed by atoms with E-state index in [9.17, 15) is 0 Å². The van der Waals surface area contributed by atoms with Crippen LogP contribution in [0.25, 0.3) is 0 Å². The normalized spacial score (nSPS) is 14.5. The summed E-state index contributed by atoms with van der Waals surface area (Å²) in [6.07, 6.45) is 3.63. The molecular weight excluding hydrogens is 236 g/mol. The van der Waals surface area contributed by atoms with E-state index in [1.54, 1.807) is 0 Å². The number of nitrogens with one attached hydrogen (secondary N) is 4. The van der Waals surface area contributed by atoms with Crippen LogP contribution in [0, 0.1) is 0 Å². The van der Waals surface area contributed by atoms with Gasteiger partial charge in [-0.25, -0.2) is 0 Å². The monoisotopic (exact) mass is 272 g/mol. The van der Waals surface area contributed by atoms with E-state index in [-0.39, 0.29) is 0 Å². The highest BCUT2D eigenvalue weighted by molar-refractivity contribution is 4.63. The maximum Gasteiger partial charge on any atom is 0.00506 e. The lowest BCUT2D eigenvalue weighted by molar-refractivity contribution is 0.486. The Morgan fingerprint density at radius 2 is 1.11 bits per heavy atom. The summed E-state index contributed by atoms with van der Waals surface area (Å²) in [6, 6.07) is 1.26. The minimum atomic E-state index is 0.628. The largest absolute Gasteiger partial charge is 0.317 e. The van der Waals surface area contributed by atoms with Gasteiger partial charge in [-0.1, -0.05) is 13.8 Å². The third-order valence-corrected chi connectivity index (χ3v) is 3.32. The minimum Gasteiger partial charge on any atom is -0.317 e. The van der Waals surface area contributed by atoms with Crippen molar-refractivity contribution in [3.8, 4) is 0 Å². The summed E-state index contributed by atoms with van der Waals surface area (Å²) >= 11 is 0. The number of hydrogen-bond acceptors (Lipinski definition) is 4. The molecule has 0 aromatic heterocycles. The average Bonchev–Trinajstić information content (AvgIpc) is 2.37. The molecule has 0 aromatic carbocycles. The van der Waals surface area contributed by atoms with Gasteiger partial charge in [0.15, 0.2) is 0 Å². The Kier molecular flexibility index (Phi) is 14.1. The summed E-state index contributed by atoms with van der Waals surface area (Å²) in [5.41, 5.74) is 0. The van der Waals surface area contributed by atoms with Crippen LogP contribution in [0.15, 0.2) is 0 Å². The second-order valence-corrected chi connectivity index (χ2v) is 5.35. The van der Waals surface area contributed by atoms with Gasteiger partial charge in [-0.05, 0) is 72.4 Å².